The van der Waals surface area contributed by atoms with Crippen LogP contribution in [0.15, 0.2) is 36.4 Å². The predicted molar refractivity (Wildman–Crippen MR) is 124 cm³/mol. The van der Waals surface area contributed by atoms with Crippen LogP contribution < -0.4 is 9.47 Å². The van der Waals surface area contributed by atoms with Crippen molar-refractivity contribution in [2.75, 3.05) is 0 Å². The average Bonchev–Trinajstić information content (AvgIpc) is 2.72. The van der Waals surface area contributed by atoms with E-state index >= 15 is 0 Å². The lowest BCUT2D eigenvalue weighted by Crippen LogP contribution is -2.30. The molecule has 33 heavy (non-hydrogen) atoms. The molecule has 0 atom stereocenters. The Hall–Kier alpha value is -3.28. The standard InChI is InChI=1S/C27H30O6/c1-8-17(28)20-15-11-9-13-18(32-24(30)26(2,3)4)21(15)23(29)22-16(20)12-10-14-19(22)33-25(31)27(5,6)7/h9-14,20H,8H2,1-7H3. The minimum Gasteiger partial charge on any atom is -0.425 e. The summed E-state index contributed by atoms with van der Waals surface area (Å²) in [5.41, 5.74) is -0.313. The van der Waals surface area contributed by atoms with Gasteiger partial charge in [0.1, 0.15) is 17.3 Å². The van der Waals surface area contributed by atoms with Crippen LogP contribution in [0, 0.1) is 10.8 Å². The molecule has 2 aromatic carbocycles. The van der Waals surface area contributed by atoms with E-state index < -0.39 is 34.5 Å². The highest BCUT2D eigenvalue weighted by molar-refractivity contribution is 6.18. The molecule has 2 aromatic rings. The minimum atomic E-state index is -0.787. The van der Waals surface area contributed by atoms with Gasteiger partial charge >= 0.3 is 11.9 Å². The summed E-state index contributed by atoms with van der Waals surface area (Å²) in [4.78, 5) is 52.0. The number of carbonyl (C=O) groups excluding carboxylic acids is 4. The lowest BCUT2D eigenvalue weighted by Gasteiger charge is -2.29. The van der Waals surface area contributed by atoms with Crippen LogP contribution in [0.4, 0.5) is 0 Å². The zero-order valence-corrected chi connectivity index (χ0v) is 20.2. The molecule has 0 fully saturated rings. The van der Waals surface area contributed by atoms with Gasteiger partial charge in [-0.3, -0.25) is 19.2 Å². The maximum Gasteiger partial charge on any atom is 0.316 e. The molecule has 0 saturated heterocycles. The van der Waals surface area contributed by atoms with E-state index in [4.69, 9.17) is 9.47 Å². The molecule has 0 bridgehead atoms. The summed E-state index contributed by atoms with van der Waals surface area (Å²) >= 11 is 0. The van der Waals surface area contributed by atoms with Gasteiger partial charge in [0.2, 0.25) is 5.78 Å². The number of rotatable bonds is 4. The van der Waals surface area contributed by atoms with Crippen molar-refractivity contribution in [3.05, 3.63) is 58.7 Å². The van der Waals surface area contributed by atoms with E-state index in [1.165, 1.54) is 0 Å². The van der Waals surface area contributed by atoms with Gasteiger partial charge in [0.15, 0.2) is 0 Å². The maximum atomic E-state index is 13.8. The number of esters is 2. The van der Waals surface area contributed by atoms with Crippen LogP contribution in [-0.2, 0) is 14.4 Å². The normalized spacial score (nSPS) is 13.7. The van der Waals surface area contributed by atoms with Gasteiger partial charge in [0.25, 0.3) is 0 Å². The van der Waals surface area contributed by atoms with E-state index in [9.17, 15) is 19.2 Å². The van der Waals surface area contributed by atoms with E-state index in [2.05, 4.69) is 0 Å². The van der Waals surface area contributed by atoms with Gasteiger partial charge in [-0.05, 0) is 64.8 Å². The molecule has 0 saturated carbocycles. The molecule has 174 valence electrons. The SMILES string of the molecule is CCC(=O)C1c2cccc(OC(=O)C(C)(C)C)c2C(=O)c2c(OC(=O)C(C)(C)C)cccc21. The number of Topliss-reactive ketones (excluding diaryl/α,β-unsaturated/α-hetero) is 1. The highest BCUT2D eigenvalue weighted by Gasteiger charge is 2.40. The Labute approximate surface area is 194 Å². The Morgan fingerprint density at radius 1 is 0.758 bits per heavy atom. The Bertz CT molecular complexity index is 1060. The topological polar surface area (TPSA) is 86.7 Å². The van der Waals surface area contributed by atoms with Crippen molar-refractivity contribution in [2.45, 2.75) is 60.8 Å². The summed E-state index contributed by atoms with van der Waals surface area (Å²) < 4.78 is 11.2. The van der Waals surface area contributed by atoms with Crippen LogP contribution in [0.3, 0.4) is 0 Å². The van der Waals surface area contributed by atoms with Crippen molar-refractivity contribution in [1.29, 1.82) is 0 Å². The fourth-order valence-corrected chi connectivity index (χ4v) is 3.58. The molecule has 0 aliphatic heterocycles. The van der Waals surface area contributed by atoms with Gasteiger partial charge in [0.05, 0.1) is 27.9 Å². The highest BCUT2D eigenvalue weighted by Crippen LogP contribution is 2.44. The summed E-state index contributed by atoms with van der Waals surface area (Å²) in [6.45, 7) is 12.1. The highest BCUT2D eigenvalue weighted by atomic mass is 16.5. The zero-order valence-electron chi connectivity index (χ0n) is 20.2. The van der Waals surface area contributed by atoms with Crippen molar-refractivity contribution < 1.29 is 28.7 Å². The largest absolute Gasteiger partial charge is 0.425 e. The van der Waals surface area contributed by atoms with Crippen LogP contribution in [0.25, 0.3) is 0 Å². The zero-order chi connectivity index (χ0) is 24.7. The first-order valence-electron chi connectivity index (χ1n) is 11.0. The smallest absolute Gasteiger partial charge is 0.316 e. The average molecular weight is 451 g/mol. The van der Waals surface area contributed by atoms with Gasteiger partial charge in [-0.15, -0.1) is 0 Å². The third-order valence-electron chi connectivity index (χ3n) is 5.49. The summed E-state index contributed by atoms with van der Waals surface area (Å²) in [5, 5.41) is 0. The third-order valence-corrected chi connectivity index (χ3v) is 5.49. The second kappa shape index (κ2) is 8.58. The number of carbonyl (C=O) groups is 4. The molecule has 1 aliphatic rings. The third kappa shape index (κ3) is 4.61. The van der Waals surface area contributed by atoms with Crippen LogP contribution in [-0.4, -0.2) is 23.5 Å². The lowest BCUT2D eigenvalue weighted by molar-refractivity contribution is -0.143. The van der Waals surface area contributed by atoms with E-state index in [1.54, 1.807) is 84.9 Å². The van der Waals surface area contributed by atoms with E-state index in [1.807, 2.05) is 0 Å². The summed E-state index contributed by atoms with van der Waals surface area (Å²) in [7, 11) is 0. The Morgan fingerprint density at radius 2 is 1.15 bits per heavy atom. The van der Waals surface area contributed by atoms with Gasteiger partial charge in [-0.1, -0.05) is 31.2 Å². The first kappa shape index (κ1) is 24.4. The Morgan fingerprint density at radius 3 is 1.48 bits per heavy atom. The maximum absolute atomic E-state index is 13.8. The number of ether oxygens (including phenoxy) is 2. The summed E-state index contributed by atoms with van der Waals surface area (Å²) in [6, 6.07) is 9.84. The van der Waals surface area contributed by atoms with Crippen molar-refractivity contribution in [1.82, 2.24) is 0 Å². The van der Waals surface area contributed by atoms with Gasteiger partial charge < -0.3 is 9.47 Å². The molecule has 0 amide bonds. The van der Waals surface area contributed by atoms with Gasteiger partial charge in [-0.2, -0.15) is 0 Å². The number of benzene rings is 2. The molecular weight excluding hydrogens is 420 g/mol. The summed E-state index contributed by atoms with van der Waals surface area (Å²) in [5.74, 6) is -2.10. The van der Waals surface area contributed by atoms with Gasteiger partial charge in [-0.25, -0.2) is 0 Å². The van der Waals surface area contributed by atoms with Crippen molar-refractivity contribution in [3.8, 4) is 11.5 Å². The van der Waals surface area contributed by atoms with Crippen LogP contribution in [0.2, 0.25) is 0 Å². The second-order valence-corrected chi connectivity index (χ2v) is 10.3. The Balaban J connectivity index is 2.23. The number of ketones is 2. The molecule has 0 aromatic heterocycles. The van der Waals surface area contributed by atoms with Crippen LogP contribution in [0.1, 0.15) is 87.9 Å². The molecule has 0 unspecified atom stereocenters. The first-order chi connectivity index (χ1) is 15.3. The predicted octanol–water partition coefficient (Wildman–Crippen LogP) is 5.25. The second-order valence-electron chi connectivity index (χ2n) is 10.3. The quantitative estimate of drug-likeness (QED) is 0.467. The molecule has 0 radical (unpaired) electrons. The minimum absolute atomic E-state index is 0.0916. The first-order valence-corrected chi connectivity index (χ1v) is 11.0. The lowest BCUT2D eigenvalue weighted by atomic mass is 9.74. The van der Waals surface area contributed by atoms with Gasteiger partial charge in [0, 0.05) is 6.42 Å². The van der Waals surface area contributed by atoms with E-state index in [0.29, 0.717) is 11.1 Å². The van der Waals surface area contributed by atoms with Crippen molar-refractivity contribution in [2.24, 2.45) is 10.8 Å². The number of hydrogen-bond acceptors (Lipinski definition) is 6. The van der Waals surface area contributed by atoms with Crippen molar-refractivity contribution in [3.63, 3.8) is 0 Å². The van der Waals surface area contributed by atoms with Crippen molar-refractivity contribution >= 4 is 23.5 Å². The fourth-order valence-electron chi connectivity index (χ4n) is 3.58. The molecule has 1 aliphatic carbocycles. The molecule has 6 heteroatoms. The van der Waals surface area contributed by atoms with E-state index in [-0.39, 0.29) is 34.8 Å². The molecule has 3 rings (SSSR count). The van der Waals surface area contributed by atoms with Crippen LogP contribution in [0.5, 0.6) is 11.5 Å². The fraction of sp³-hybridized carbons (Fsp3) is 0.407. The molecule has 0 spiro atoms. The number of fused-ring (bicyclic) bond motifs is 2. The molecular formula is C27H30O6. The van der Waals surface area contributed by atoms with E-state index in [0.717, 1.165) is 0 Å². The number of hydrogen-bond donors (Lipinski definition) is 0. The monoisotopic (exact) mass is 450 g/mol. The molecule has 6 nitrogen and oxygen atoms in total. The Kier molecular flexibility index (Phi) is 6.33. The molecule has 0 heterocycles. The van der Waals surface area contributed by atoms with Crippen LogP contribution >= 0.6 is 0 Å². The summed E-state index contributed by atoms with van der Waals surface area (Å²) in [6.07, 6.45) is 0.246. The molecule has 0 N–H and O–H groups in total.